The second-order valence-electron chi connectivity index (χ2n) is 4.92. The fourth-order valence-corrected chi connectivity index (χ4v) is 2.85. The van der Waals surface area contributed by atoms with Crippen molar-refractivity contribution in [2.45, 2.75) is 26.2 Å². The quantitative estimate of drug-likeness (QED) is 0.874. The number of halogens is 1. The first-order valence-electron chi connectivity index (χ1n) is 6.60. The minimum absolute atomic E-state index is 0.140. The van der Waals surface area contributed by atoms with Gasteiger partial charge in [0.25, 0.3) is 0 Å². The minimum Gasteiger partial charge on any atom is -0.481 e. The largest absolute Gasteiger partial charge is 0.481 e. The van der Waals surface area contributed by atoms with E-state index in [9.17, 15) is 9.59 Å². The number of rotatable bonds is 5. The summed E-state index contributed by atoms with van der Waals surface area (Å²) in [4.78, 5) is 27.1. The topological polar surface area (TPSA) is 79.3 Å². The highest BCUT2D eigenvalue weighted by atomic mass is 35.5. The van der Waals surface area contributed by atoms with Crippen molar-refractivity contribution in [3.63, 3.8) is 0 Å². The third-order valence-corrected chi connectivity index (χ3v) is 4.59. The van der Waals surface area contributed by atoms with Crippen LogP contribution in [0, 0.1) is 6.92 Å². The van der Waals surface area contributed by atoms with Crippen LogP contribution in [0.5, 0.6) is 0 Å². The lowest BCUT2D eigenvalue weighted by atomic mass is 10.1. The number of carboxylic acid groups (broad SMARTS) is 1. The van der Waals surface area contributed by atoms with E-state index in [1.165, 1.54) is 11.3 Å². The van der Waals surface area contributed by atoms with Crippen molar-refractivity contribution in [2.24, 2.45) is 0 Å². The molecule has 5 nitrogen and oxygen atoms in total. The molecule has 0 aliphatic rings. The molecule has 2 rings (SSSR count). The summed E-state index contributed by atoms with van der Waals surface area (Å²) < 4.78 is 0. The van der Waals surface area contributed by atoms with E-state index in [-0.39, 0.29) is 12.3 Å². The third-order valence-electron chi connectivity index (χ3n) is 3.10. The van der Waals surface area contributed by atoms with Crippen LogP contribution in [-0.4, -0.2) is 22.0 Å². The number of nitrogens with one attached hydrogen (secondary N) is 1. The molecule has 1 amide bonds. The number of hydrogen-bond acceptors (Lipinski definition) is 4. The number of nitrogens with zero attached hydrogens (tertiary/aromatic N) is 1. The van der Waals surface area contributed by atoms with Gasteiger partial charge in [0, 0.05) is 16.1 Å². The third kappa shape index (κ3) is 4.05. The van der Waals surface area contributed by atoms with E-state index in [4.69, 9.17) is 16.7 Å². The standard InChI is InChI=1S/C15H15ClN2O3S/c1-8-3-4-10(5-12(8)16)17-14(21)9(2)15-18-11(7-22-15)6-13(19)20/h3-5,7,9H,6H2,1-2H3,(H,17,21)(H,19,20)/t9-/m1/s1. The van der Waals surface area contributed by atoms with Crippen LogP contribution < -0.4 is 5.32 Å². The van der Waals surface area contributed by atoms with Crippen LogP contribution in [0.25, 0.3) is 0 Å². The molecule has 1 heterocycles. The Kier molecular flexibility index (Phi) is 5.15. The molecule has 0 aliphatic heterocycles. The van der Waals surface area contributed by atoms with Crippen molar-refractivity contribution in [3.8, 4) is 0 Å². The zero-order valence-electron chi connectivity index (χ0n) is 12.1. The Morgan fingerprint density at radius 1 is 1.45 bits per heavy atom. The van der Waals surface area contributed by atoms with Gasteiger partial charge in [-0.05, 0) is 31.5 Å². The Labute approximate surface area is 137 Å². The smallest absolute Gasteiger partial charge is 0.309 e. The summed E-state index contributed by atoms with van der Waals surface area (Å²) in [6.07, 6.45) is -0.140. The molecule has 1 aromatic heterocycles. The number of amides is 1. The van der Waals surface area contributed by atoms with Crippen LogP contribution in [0.15, 0.2) is 23.6 Å². The van der Waals surface area contributed by atoms with E-state index in [0.717, 1.165) is 5.56 Å². The molecule has 0 saturated heterocycles. The fourth-order valence-electron chi connectivity index (χ4n) is 1.79. The van der Waals surface area contributed by atoms with Gasteiger partial charge in [0.15, 0.2) is 0 Å². The lowest BCUT2D eigenvalue weighted by Crippen LogP contribution is -2.18. The lowest BCUT2D eigenvalue weighted by Gasteiger charge is -2.10. The molecule has 0 spiro atoms. The predicted molar refractivity (Wildman–Crippen MR) is 86.7 cm³/mol. The Balaban J connectivity index is 2.06. The summed E-state index contributed by atoms with van der Waals surface area (Å²) >= 11 is 7.31. The first-order chi connectivity index (χ1) is 10.4. The number of carbonyl (C=O) groups is 2. The monoisotopic (exact) mass is 338 g/mol. The molecule has 0 bridgehead atoms. The number of anilines is 1. The number of aromatic nitrogens is 1. The second-order valence-corrected chi connectivity index (χ2v) is 6.22. The zero-order valence-corrected chi connectivity index (χ0v) is 13.7. The molecule has 0 radical (unpaired) electrons. The summed E-state index contributed by atoms with van der Waals surface area (Å²) in [5.41, 5.74) is 2.02. The summed E-state index contributed by atoms with van der Waals surface area (Å²) in [6.45, 7) is 3.62. The maximum absolute atomic E-state index is 12.2. The first-order valence-corrected chi connectivity index (χ1v) is 7.85. The van der Waals surface area contributed by atoms with Gasteiger partial charge in [-0.2, -0.15) is 0 Å². The number of benzene rings is 1. The Hall–Kier alpha value is -1.92. The van der Waals surface area contributed by atoms with Crippen LogP contribution in [0.3, 0.4) is 0 Å². The molecule has 0 unspecified atom stereocenters. The summed E-state index contributed by atoms with van der Waals surface area (Å²) in [5, 5.41) is 14.4. The summed E-state index contributed by atoms with van der Waals surface area (Å²) in [7, 11) is 0. The van der Waals surface area contributed by atoms with Crippen molar-refractivity contribution in [1.82, 2.24) is 4.98 Å². The maximum Gasteiger partial charge on any atom is 0.309 e. The SMILES string of the molecule is Cc1ccc(NC(=O)[C@@H](C)c2nc(CC(=O)O)cs2)cc1Cl. The van der Waals surface area contributed by atoms with Crippen molar-refractivity contribution in [2.75, 3.05) is 5.32 Å². The maximum atomic E-state index is 12.2. The normalized spacial score (nSPS) is 12.0. The molecular weight excluding hydrogens is 324 g/mol. The molecule has 0 saturated carbocycles. The van der Waals surface area contributed by atoms with E-state index < -0.39 is 11.9 Å². The predicted octanol–water partition coefficient (Wildman–Crippen LogP) is 3.47. The van der Waals surface area contributed by atoms with Crippen molar-refractivity contribution in [1.29, 1.82) is 0 Å². The number of thiazole rings is 1. The van der Waals surface area contributed by atoms with Gasteiger partial charge in [0.05, 0.1) is 18.0 Å². The van der Waals surface area contributed by atoms with Crippen LogP contribution in [0.4, 0.5) is 5.69 Å². The summed E-state index contributed by atoms with van der Waals surface area (Å²) in [6, 6.07) is 5.31. The molecule has 0 fully saturated rings. The number of aliphatic carboxylic acids is 1. The van der Waals surface area contributed by atoms with Gasteiger partial charge in [-0.3, -0.25) is 9.59 Å². The van der Waals surface area contributed by atoms with Crippen LogP contribution in [0.2, 0.25) is 5.02 Å². The van der Waals surface area contributed by atoms with Gasteiger partial charge in [0.2, 0.25) is 5.91 Å². The van der Waals surface area contributed by atoms with Crippen molar-refractivity contribution in [3.05, 3.63) is 44.9 Å². The van der Waals surface area contributed by atoms with E-state index >= 15 is 0 Å². The lowest BCUT2D eigenvalue weighted by molar-refractivity contribution is -0.136. The number of aryl methyl sites for hydroxylation is 1. The molecule has 1 atom stereocenters. The fraction of sp³-hybridized carbons (Fsp3) is 0.267. The van der Waals surface area contributed by atoms with Crippen LogP contribution >= 0.6 is 22.9 Å². The highest BCUT2D eigenvalue weighted by Gasteiger charge is 2.19. The molecule has 1 aromatic carbocycles. The average molecular weight is 339 g/mol. The number of carbonyl (C=O) groups excluding carboxylic acids is 1. The second kappa shape index (κ2) is 6.89. The van der Waals surface area contributed by atoms with Gasteiger partial charge >= 0.3 is 5.97 Å². The highest BCUT2D eigenvalue weighted by molar-refractivity contribution is 7.09. The Morgan fingerprint density at radius 2 is 2.18 bits per heavy atom. The molecule has 0 aliphatic carbocycles. The Bertz CT molecular complexity index is 715. The zero-order chi connectivity index (χ0) is 16.3. The number of carboxylic acids is 1. The number of hydrogen-bond donors (Lipinski definition) is 2. The van der Waals surface area contributed by atoms with Crippen LogP contribution in [0.1, 0.15) is 29.1 Å². The van der Waals surface area contributed by atoms with E-state index in [2.05, 4.69) is 10.3 Å². The van der Waals surface area contributed by atoms with Crippen molar-refractivity contribution < 1.29 is 14.7 Å². The first kappa shape index (κ1) is 16.5. The van der Waals surface area contributed by atoms with E-state index in [0.29, 0.717) is 21.4 Å². The van der Waals surface area contributed by atoms with Gasteiger partial charge < -0.3 is 10.4 Å². The van der Waals surface area contributed by atoms with Gasteiger partial charge in [-0.1, -0.05) is 17.7 Å². The Morgan fingerprint density at radius 3 is 2.82 bits per heavy atom. The molecular formula is C15H15ClN2O3S. The molecule has 7 heteroatoms. The van der Waals surface area contributed by atoms with E-state index in [1.807, 2.05) is 13.0 Å². The van der Waals surface area contributed by atoms with Gasteiger partial charge in [0.1, 0.15) is 5.01 Å². The molecule has 2 aromatic rings. The van der Waals surface area contributed by atoms with Gasteiger partial charge in [-0.15, -0.1) is 11.3 Å². The van der Waals surface area contributed by atoms with E-state index in [1.54, 1.807) is 24.4 Å². The molecule has 22 heavy (non-hydrogen) atoms. The minimum atomic E-state index is -0.941. The van der Waals surface area contributed by atoms with Crippen LogP contribution in [-0.2, 0) is 16.0 Å². The van der Waals surface area contributed by atoms with Gasteiger partial charge in [-0.25, -0.2) is 4.98 Å². The summed E-state index contributed by atoms with van der Waals surface area (Å²) in [5.74, 6) is -1.62. The average Bonchev–Trinajstić information content (AvgIpc) is 2.89. The molecule has 2 N–H and O–H groups in total. The highest BCUT2D eigenvalue weighted by Crippen LogP contribution is 2.24. The molecule has 116 valence electrons. The van der Waals surface area contributed by atoms with Crippen molar-refractivity contribution >= 4 is 40.5 Å².